The molecule has 0 atom stereocenters. The molecular weight excluding hydrogens is 382 g/mol. The summed E-state index contributed by atoms with van der Waals surface area (Å²) in [5.41, 5.74) is 0.587. The van der Waals surface area contributed by atoms with Crippen molar-refractivity contribution in [2.24, 2.45) is 0 Å². The van der Waals surface area contributed by atoms with Gasteiger partial charge in [-0.1, -0.05) is 0 Å². The summed E-state index contributed by atoms with van der Waals surface area (Å²) in [7, 11) is 0. The number of pyridine rings is 1. The fraction of sp³-hybridized carbons (Fsp3) is 0.350. The number of hydrogen-bond acceptors (Lipinski definition) is 5. The second-order valence-electron chi connectivity index (χ2n) is 6.51. The van der Waals surface area contributed by atoms with Gasteiger partial charge in [-0.2, -0.15) is 0 Å². The Labute approximate surface area is 167 Å². The van der Waals surface area contributed by atoms with Crippen molar-refractivity contribution in [3.63, 3.8) is 0 Å². The van der Waals surface area contributed by atoms with Gasteiger partial charge in [0.25, 0.3) is 0 Å². The first-order valence-electron chi connectivity index (χ1n) is 9.37. The summed E-state index contributed by atoms with van der Waals surface area (Å²) in [5.74, 6) is -1.68. The summed E-state index contributed by atoms with van der Waals surface area (Å²) >= 11 is 0. The number of benzene rings is 1. The highest BCUT2D eigenvalue weighted by molar-refractivity contribution is 5.90. The molecule has 1 N–H and O–H groups in total. The van der Waals surface area contributed by atoms with E-state index in [0.717, 1.165) is 12.1 Å². The first kappa shape index (κ1) is 20.5. The van der Waals surface area contributed by atoms with Gasteiger partial charge < -0.3 is 19.9 Å². The number of ether oxygens (including phenoxy) is 1. The molecule has 2 aromatic rings. The number of esters is 1. The van der Waals surface area contributed by atoms with E-state index in [0.29, 0.717) is 50.6 Å². The maximum Gasteiger partial charge on any atom is 0.339 e. The average Bonchev–Trinajstić information content (AvgIpc) is 2.97. The summed E-state index contributed by atoms with van der Waals surface area (Å²) in [6, 6.07) is 6.29. The van der Waals surface area contributed by atoms with Crippen molar-refractivity contribution in [2.45, 2.75) is 13.3 Å². The fourth-order valence-electron chi connectivity index (χ4n) is 3.03. The number of halogens is 2. The number of amides is 2. The number of anilines is 2. The van der Waals surface area contributed by atoms with Gasteiger partial charge >= 0.3 is 12.0 Å². The molecule has 0 spiro atoms. The van der Waals surface area contributed by atoms with E-state index in [1.807, 2.05) is 4.90 Å². The minimum atomic E-state index is -1.01. The summed E-state index contributed by atoms with van der Waals surface area (Å²) in [6.07, 6.45) is 2.19. The van der Waals surface area contributed by atoms with Crippen LogP contribution in [-0.4, -0.2) is 54.7 Å². The van der Waals surface area contributed by atoms with E-state index in [9.17, 15) is 18.4 Å². The summed E-state index contributed by atoms with van der Waals surface area (Å²) < 4.78 is 31.3. The van der Waals surface area contributed by atoms with Gasteiger partial charge in [-0.3, -0.25) is 0 Å². The van der Waals surface area contributed by atoms with Crippen molar-refractivity contribution in [1.82, 2.24) is 9.88 Å². The van der Waals surface area contributed by atoms with E-state index >= 15 is 0 Å². The van der Waals surface area contributed by atoms with Crippen LogP contribution in [-0.2, 0) is 4.74 Å². The fourth-order valence-corrected chi connectivity index (χ4v) is 3.03. The van der Waals surface area contributed by atoms with Crippen LogP contribution in [0.3, 0.4) is 0 Å². The predicted octanol–water partition coefficient (Wildman–Crippen LogP) is 3.28. The van der Waals surface area contributed by atoms with Gasteiger partial charge in [-0.15, -0.1) is 0 Å². The van der Waals surface area contributed by atoms with Gasteiger partial charge in [0.05, 0.1) is 12.2 Å². The van der Waals surface area contributed by atoms with Gasteiger partial charge in [-0.05, 0) is 37.6 Å². The van der Waals surface area contributed by atoms with Crippen LogP contribution in [0.1, 0.15) is 23.7 Å². The molecule has 1 aromatic heterocycles. The lowest BCUT2D eigenvalue weighted by molar-refractivity contribution is 0.0526. The number of urea groups is 1. The van der Waals surface area contributed by atoms with E-state index in [-0.39, 0.29) is 11.7 Å². The van der Waals surface area contributed by atoms with E-state index in [1.165, 1.54) is 12.3 Å². The van der Waals surface area contributed by atoms with Crippen LogP contribution in [0.15, 0.2) is 36.5 Å². The number of rotatable bonds is 4. The minimum absolute atomic E-state index is 0.200. The topological polar surface area (TPSA) is 74.8 Å². The predicted molar refractivity (Wildman–Crippen MR) is 104 cm³/mol. The molecule has 9 heteroatoms. The zero-order valence-electron chi connectivity index (χ0n) is 16.0. The molecule has 0 unspecified atom stereocenters. The van der Waals surface area contributed by atoms with Gasteiger partial charge in [0.15, 0.2) is 11.6 Å². The molecule has 3 rings (SSSR count). The van der Waals surface area contributed by atoms with Crippen LogP contribution in [0.5, 0.6) is 0 Å². The summed E-state index contributed by atoms with van der Waals surface area (Å²) in [6.45, 7) is 4.25. The lowest BCUT2D eigenvalue weighted by Crippen LogP contribution is -2.38. The van der Waals surface area contributed by atoms with Gasteiger partial charge in [0.1, 0.15) is 5.82 Å². The Kier molecular flexibility index (Phi) is 6.58. The maximum absolute atomic E-state index is 13.3. The van der Waals surface area contributed by atoms with Crippen LogP contribution in [0.2, 0.25) is 0 Å². The van der Waals surface area contributed by atoms with Crippen molar-refractivity contribution in [3.05, 3.63) is 53.7 Å². The second kappa shape index (κ2) is 9.31. The van der Waals surface area contributed by atoms with E-state index < -0.39 is 17.6 Å². The van der Waals surface area contributed by atoms with Crippen molar-refractivity contribution in [2.75, 3.05) is 43.0 Å². The molecule has 0 radical (unpaired) electrons. The van der Waals surface area contributed by atoms with Crippen molar-refractivity contribution in [3.8, 4) is 0 Å². The average molecular weight is 404 g/mol. The summed E-state index contributed by atoms with van der Waals surface area (Å²) in [4.78, 5) is 32.2. The quantitative estimate of drug-likeness (QED) is 0.792. The minimum Gasteiger partial charge on any atom is -0.462 e. The highest BCUT2D eigenvalue weighted by atomic mass is 19.2. The lowest BCUT2D eigenvalue weighted by Gasteiger charge is -2.23. The normalized spacial score (nSPS) is 14.3. The Bertz CT molecular complexity index is 877. The molecule has 1 aliphatic heterocycles. The Balaban J connectivity index is 1.58. The Morgan fingerprint density at radius 2 is 1.93 bits per heavy atom. The van der Waals surface area contributed by atoms with Crippen molar-refractivity contribution < 1.29 is 23.1 Å². The third-order valence-electron chi connectivity index (χ3n) is 4.54. The molecule has 1 fully saturated rings. The van der Waals surface area contributed by atoms with Crippen LogP contribution in [0.25, 0.3) is 0 Å². The molecule has 29 heavy (non-hydrogen) atoms. The monoisotopic (exact) mass is 404 g/mol. The molecule has 154 valence electrons. The zero-order valence-corrected chi connectivity index (χ0v) is 16.0. The Morgan fingerprint density at radius 1 is 1.10 bits per heavy atom. The Hall–Kier alpha value is -3.23. The van der Waals surface area contributed by atoms with Gasteiger partial charge in [0.2, 0.25) is 0 Å². The molecule has 0 bridgehead atoms. The van der Waals surface area contributed by atoms with Crippen molar-refractivity contribution >= 4 is 23.5 Å². The SMILES string of the molecule is CCOC(=O)c1ccc(N2CCCN(C(=O)Nc3ccc(F)c(F)c3)CC2)nc1. The first-order chi connectivity index (χ1) is 14.0. The molecule has 2 heterocycles. The standard InChI is InChI=1S/C20H22F2N4O3/c1-2-29-19(27)14-4-7-18(23-13-14)25-8-3-9-26(11-10-25)20(28)24-15-5-6-16(21)17(22)12-15/h4-7,12-13H,2-3,8-11H2,1H3,(H,24,28). The first-order valence-corrected chi connectivity index (χ1v) is 9.37. The summed E-state index contributed by atoms with van der Waals surface area (Å²) in [5, 5.41) is 2.59. The van der Waals surface area contributed by atoms with Crippen LogP contribution in [0, 0.1) is 11.6 Å². The third-order valence-corrected chi connectivity index (χ3v) is 4.54. The van der Waals surface area contributed by atoms with Crippen LogP contribution in [0.4, 0.5) is 25.1 Å². The van der Waals surface area contributed by atoms with Crippen LogP contribution < -0.4 is 10.2 Å². The number of carbonyl (C=O) groups excluding carboxylic acids is 2. The molecule has 1 aliphatic rings. The number of nitrogens with one attached hydrogen (secondary N) is 1. The number of aromatic nitrogens is 1. The third kappa shape index (κ3) is 5.18. The number of nitrogens with zero attached hydrogens (tertiary/aromatic N) is 3. The largest absolute Gasteiger partial charge is 0.462 e. The molecule has 1 saturated heterocycles. The van der Waals surface area contributed by atoms with E-state index in [4.69, 9.17) is 4.74 Å². The van der Waals surface area contributed by atoms with E-state index in [2.05, 4.69) is 10.3 Å². The number of carbonyl (C=O) groups is 2. The van der Waals surface area contributed by atoms with Crippen LogP contribution >= 0.6 is 0 Å². The van der Waals surface area contributed by atoms with Crippen molar-refractivity contribution in [1.29, 1.82) is 0 Å². The molecular formula is C20H22F2N4O3. The molecule has 0 aliphatic carbocycles. The zero-order chi connectivity index (χ0) is 20.8. The number of hydrogen-bond donors (Lipinski definition) is 1. The van der Waals surface area contributed by atoms with Gasteiger partial charge in [0, 0.05) is 44.1 Å². The van der Waals surface area contributed by atoms with Gasteiger partial charge in [-0.25, -0.2) is 23.4 Å². The smallest absolute Gasteiger partial charge is 0.339 e. The van der Waals surface area contributed by atoms with E-state index in [1.54, 1.807) is 24.0 Å². The molecule has 7 nitrogen and oxygen atoms in total. The highest BCUT2D eigenvalue weighted by Gasteiger charge is 2.20. The lowest BCUT2D eigenvalue weighted by atomic mass is 10.2. The molecule has 0 saturated carbocycles. The Morgan fingerprint density at radius 3 is 2.62 bits per heavy atom. The maximum atomic E-state index is 13.3. The molecule has 1 aromatic carbocycles. The highest BCUT2D eigenvalue weighted by Crippen LogP contribution is 2.17. The second-order valence-corrected chi connectivity index (χ2v) is 6.51. The molecule has 2 amide bonds.